The fraction of sp³-hybridized carbons (Fsp3) is 0.739. The van der Waals surface area contributed by atoms with Crippen LogP contribution >= 0.6 is 0 Å². The van der Waals surface area contributed by atoms with Crippen LogP contribution < -0.4 is 11.2 Å². The van der Waals surface area contributed by atoms with Crippen molar-refractivity contribution >= 4 is 29.7 Å². The Kier molecular flexibility index (Phi) is 9.76. The molecule has 0 unspecified atom stereocenters. The van der Waals surface area contributed by atoms with Crippen molar-refractivity contribution < 1.29 is 27.3 Å². The quantitative estimate of drug-likeness (QED) is 0.383. The Balaban J connectivity index is 2.60. The van der Waals surface area contributed by atoms with Crippen LogP contribution in [0.2, 0.25) is 22.2 Å². The van der Waals surface area contributed by atoms with E-state index in [1.807, 2.05) is 27.7 Å². The molecule has 1 aliphatic rings. The Hall–Kier alpha value is -1.71. The molecule has 0 amide bonds. The summed E-state index contributed by atoms with van der Waals surface area (Å²) in [6.45, 7) is 17.9. The van der Waals surface area contributed by atoms with E-state index in [0.29, 0.717) is 12.6 Å². The molecule has 0 bridgehead atoms. The van der Waals surface area contributed by atoms with Gasteiger partial charge in [-0.1, -0.05) is 55.4 Å². The minimum absolute atomic E-state index is 0.00279. The molecule has 35 heavy (non-hydrogen) atoms. The second kappa shape index (κ2) is 11.6. The van der Waals surface area contributed by atoms with Gasteiger partial charge in [-0.2, -0.15) is 0 Å². The zero-order chi connectivity index (χ0) is 26.7. The first kappa shape index (κ1) is 29.5. The molecular formula is C23H40N2O8Si2. The van der Waals surface area contributed by atoms with E-state index < -0.39 is 46.8 Å². The predicted molar refractivity (Wildman–Crippen MR) is 136 cm³/mol. The number of aryl methyl sites for hydroxylation is 1. The molecule has 3 atom stereocenters. The van der Waals surface area contributed by atoms with Gasteiger partial charge in [0.15, 0.2) is 12.5 Å². The molecule has 0 spiro atoms. The number of rotatable bonds is 9. The number of hydrogen-bond acceptors (Lipinski definition) is 8. The summed E-state index contributed by atoms with van der Waals surface area (Å²) < 4.78 is 27.2. The van der Waals surface area contributed by atoms with Crippen LogP contribution in [0.3, 0.4) is 0 Å². The third-order valence-electron chi connectivity index (χ3n) is 6.68. The van der Waals surface area contributed by atoms with E-state index in [2.05, 4.69) is 32.7 Å². The molecular weight excluding hydrogens is 488 g/mol. The Labute approximate surface area is 208 Å². The largest absolute Gasteiger partial charge is 0.414 e. The van der Waals surface area contributed by atoms with Crippen LogP contribution in [0.1, 0.15) is 67.2 Å². The molecule has 2 rings (SSSR count). The molecule has 10 nitrogen and oxygen atoms in total. The van der Waals surface area contributed by atoms with Crippen molar-refractivity contribution in [1.29, 1.82) is 0 Å². The number of carbonyl (C=O) groups excluding carboxylic acids is 2. The summed E-state index contributed by atoms with van der Waals surface area (Å²) in [6.07, 6.45) is -1.08. The van der Waals surface area contributed by atoms with Crippen molar-refractivity contribution in [3.63, 3.8) is 0 Å². The van der Waals surface area contributed by atoms with E-state index in [1.165, 1.54) is 13.1 Å². The maximum absolute atomic E-state index is 12.4. The summed E-state index contributed by atoms with van der Waals surface area (Å²) in [7, 11) is -5.95. The van der Waals surface area contributed by atoms with Crippen LogP contribution in [0.25, 0.3) is 0 Å². The highest BCUT2D eigenvalue weighted by molar-refractivity contribution is 6.84. The van der Waals surface area contributed by atoms with Gasteiger partial charge in [-0.3, -0.25) is 19.1 Å². The molecule has 1 aromatic rings. The van der Waals surface area contributed by atoms with Gasteiger partial charge in [0.1, 0.15) is 18.5 Å². The number of aromatic nitrogens is 2. The lowest BCUT2D eigenvalue weighted by atomic mass is 10.2. The van der Waals surface area contributed by atoms with Crippen molar-refractivity contribution in [2.45, 2.75) is 103 Å². The second-order valence-corrected chi connectivity index (χ2v) is 19.2. The minimum Gasteiger partial charge on any atom is -0.414 e. The molecule has 0 saturated carbocycles. The molecule has 0 radical (unpaired) electrons. The SMILES string of the molecule is Cc1cn([C@@H](C=O)O[C@@H]2CO[Si](C(C)C)(C(C)C)O[Si](C(C)C)(C(C)C)O[C@@H]2C=O)c(=O)[nH]c1=O. The van der Waals surface area contributed by atoms with Gasteiger partial charge in [0.05, 0.1) is 6.61 Å². The van der Waals surface area contributed by atoms with Crippen LogP contribution in [0, 0.1) is 6.92 Å². The number of aromatic amines is 1. The molecule has 1 fully saturated rings. The summed E-state index contributed by atoms with van der Waals surface area (Å²) in [4.78, 5) is 50.6. The monoisotopic (exact) mass is 528 g/mol. The van der Waals surface area contributed by atoms with E-state index >= 15 is 0 Å². The first-order valence-electron chi connectivity index (χ1n) is 12.2. The first-order chi connectivity index (χ1) is 16.2. The standard InChI is InChI=1S/C23H40N2O8Si2/c1-14(2)34(15(3)4)30-13-20(19(11-26)32-35(33-34,16(5)6)17(7)8)31-21(12-27)25-10-18(9)22(28)24-23(25)29/h10-12,14-17,19-21H,13H2,1-9H3,(H,24,28,29)/t19-,20-,21-/m1/s1. The van der Waals surface area contributed by atoms with Crippen LogP contribution in [0.5, 0.6) is 0 Å². The third kappa shape index (κ3) is 5.83. The number of carbonyl (C=O) groups is 2. The average Bonchev–Trinajstić information content (AvgIpc) is 2.76. The van der Waals surface area contributed by atoms with Gasteiger partial charge in [-0.05, 0) is 29.1 Å². The lowest BCUT2D eigenvalue weighted by Gasteiger charge is -2.51. The Morgan fingerprint density at radius 3 is 2.00 bits per heavy atom. The van der Waals surface area contributed by atoms with Gasteiger partial charge in [0, 0.05) is 11.8 Å². The van der Waals surface area contributed by atoms with Crippen LogP contribution in [0.15, 0.2) is 15.8 Å². The molecule has 1 aliphatic heterocycles. The molecule has 1 N–H and O–H groups in total. The van der Waals surface area contributed by atoms with Crippen molar-refractivity contribution in [3.8, 4) is 0 Å². The third-order valence-corrected chi connectivity index (χ3v) is 16.9. The number of aldehydes is 2. The van der Waals surface area contributed by atoms with E-state index in [4.69, 9.17) is 17.7 Å². The zero-order valence-corrected chi connectivity index (χ0v) is 24.2. The lowest BCUT2D eigenvalue weighted by molar-refractivity contribution is -0.152. The molecule has 2 heterocycles. The van der Waals surface area contributed by atoms with Gasteiger partial charge in [0.25, 0.3) is 5.56 Å². The summed E-state index contributed by atoms with van der Waals surface area (Å²) >= 11 is 0. The number of ether oxygens (including phenoxy) is 1. The van der Waals surface area contributed by atoms with Crippen molar-refractivity contribution in [2.24, 2.45) is 0 Å². The van der Waals surface area contributed by atoms with Gasteiger partial charge in [-0.25, -0.2) is 4.79 Å². The van der Waals surface area contributed by atoms with E-state index in [9.17, 15) is 19.2 Å². The van der Waals surface area contributed by atoms with E-state index in [0.717, 1.165) is 4.57 Å². The van der Waals surface area contributed by atoms with Crippen molar-refractivity contribution in [1.82, 2.24) is 9.55 Å². The number of hydrogen-bond donors (Lipinski definition) is 1. The first-order valence-corrected chi connectivity index (χ1v) is 16.1. The number of H-pyrrole nitrogens is 1. The summed E-state index contributed by atoms with van der Waals surface area (Å²) in [5.41, 5.74) is -0.942. The highest BCUT2D eigenvalue weighted by Gasteiger charge is 2.59. The highest BCUT2D eigenvalue weighted by atomic mass is 28.5. The molecule has 1 saturated heterocycles. The van der Waals surface area contributed by atoms with Crippen molar-refractivity contribution in [3.05, 3.63) is 32.6 Å². The van der Waals surface area contributed by atoms with Crippen LogP contribution in [-0.2, 0) is 27.3 Å². The molecule has 12 heteroatoms. The Morgan fingerprint density at radius 1 is 1.00 bits per heavy atom. The topological polar surface area (TPSA) is 126 Å². The molecule has 1 aromatic heterocycles. The van der Waals surface area contributed by atoms with Crippen molar-refractivity contribution in [2.75, 3.05) is 6.61 Å². The Morgan fingerprint density at radius 2 is 1.54 bits per heavy atom. The van der Waals surface area contributed by atoms with E-state index in [-0.39, 0.29) is 34.3 Å². The molecule has 0 aromatic carbocycles. The number of nitrogens with zero attached hydrogens (tertiary/aromatic N) is 1. The van der Waals surface area contributed by atoms with Gasteiger partial charge >= 0.3 is 22.8 Å². The second-order valence-electron chi connectivity index (χ2n) is 10.4. The molecule has 0 aliphatic carbocycles. The average molecular weight is 529 g/mol. The fourth-order valence-electron chi connectivity index (χ4n) is 4.66. The normalized spacial score (nSPS) is 23.3. The van der Waals surface area contributed by atoms with Gasteiger partial charge in [0.2, 0.25) is 0 Å². The maximum atomic E-state index is 12.4. The number of nitrogens with one attached hydrogen (secondary N) is 1. The highest BCUT2D eigenvalue weighted by Crippen LogP contribution is 2.46. The van der Waals surface area contributed by atoms with Crippen LogP contribution in [0.4, 0.5) is 0 Å². The Bertz CT molecular complexity index is 988. The fourth-order valence-corrected chi connectivity index (χ4v) is 15.8. The lowest BCUT2D eigenvalue weighted by Crippen LogP contribution is -2.66. The van der Waals surface area contributed by atoms with E-state index in [1.54, 1.807) is 0 Å². The zero-order valence-electron chi connectivity index (χ0n) is 22.2. The maximum Gasteiger partial charge on any atom is 0.335 e. The summed E-state index contributed by atoms with van der Waals surface area (Å²) in [6, 6.07) is 0. The summed E-state index contributed by atoms with van der Waals surface area (Å²) in [5, 5.41) is 0. The minimum atomic E-state index is -3.05. The molecule has 198 valence electrons. The smallest absolute Gasteiger partial charge is 0.335 e. The van der Waals surface area contributed by atoms with Gasteiger partial charge in [-0.15, -0.1) is 0 Å². The van der Waals surface area contributed by atoms with Crippen LogP contribution in [-0.4, -0.2) is 58.1 Å². The predicted octanol–water partition coefficient (Wildman–Crippen LogP) is 3.08. The summed E-state index contributed by atoms with van der Waals surface area (Å²) in [5.74, 6) is 0. The van der Waals surface area contributed by atoms with Gasteiger partial charge < -0.3 is 22.5 Å².